The summed E-state index contributed by atoms with van der Waals surface area (Å²) in [5.74, 6) is -3.99. The summed E-state index contributed by atoms with van der Waals surface area (Å²) in [6, 6.07) is -4.75. The Bertz CT molecular complexity index is 870. The van der Waals surface area contributed by atoms with Gasteiger partial charge in [0.05, 0.1) is 12.9 Å². The van der Waals surface area contributed by atoms with Crippen molar-refractivity contribution in [3.05, 3.63) is 18.2 Å². The van der Waals surface area contributed by atoms with Crippen molar-refractivity contribution in [1.82, 2.24) is 25.9 Å². The second kappa shape index (κ2) is 14.5. The van der Waals surface area contributed by atoms with E-state index in [1.165, 1.54) is 12.5 Å². The first-order valence-electron chi connectivity index (χ1n) is 11.0. The Labute approximate surface area is 202 Å². The van der Waals surface area contributed by atoms with Crippen LogP contribution < -0.4 is 33.2 Å². The average molecular weight is 498 g/mol. The maximum absolute atomic E-state index is 13.1. The number of aliphatic hydroxyl groups excluding tert-OH is 1. The molecule has 0 spiro atoms. The SMILES string of the molecule is CC(C)C(NC(=O)C(CCCN=C(N)N)NC(=O)C(Cc1cnc[nH]1)NC(=O)C(N)CO)C(=O)O. The van der Waals surface area contributed by atoms with Gasteiger partial charge in [0.1, 0.15) is 24.2 Å². The van der Waals surface area contributed by atoms with Crippen molar-refractivity contribution in [2.24, 2.45) is 28.1 Å². The van der Waals surface area contributed by atoms with E-state index in [1.807, 2.05) is 0 Å². The van der Waals surface area contributed by atoms with E-state index in [1.54, 1.807) is 13.8 Å². The van der Waals surface area contributed by atoms with Gasteiger partial charge in [-0.25, -0.2) is 9.78 Å². The fourth-order valence-electron chi connectivity index (χ4n) is 3.00. The van der Waals surface area contributed by atoms with E-state index in [-0.39, 0.29) is 25.3 Å². The maximum atomic E-state index is 13.1. The zero-order chi connectivity index (χ0) is 26.5. The summed E-state index contributed by atoms with van der Waals surface area (Å²) in [7, 11) is 0. The molecule has 196 valence electrons. The fraction of sp³-hybridized carbons (Fsp3) is 0.600. The lowest BCUT2D eigenvalue weighted by Crippen LogP contribution is -2.58. The molecule has 4 unspecified atom stereocenters. The Morgan fingerprint density at radius 1 is 1.09 bits per heavy atom. The van der Waals surface area contributed by atoms with Gasteiger partial charge in [-0.15, -0.1) is 0 Å². The monoisotopic (exact) mass is 497 g/mol. The van der Waals surface area contributed by atoms with E-state index in [9.17, 15) is 24.3 Å². The summed E-state index contributed by atoms with van der Waals surface area (Å²) in [4.78, 5) is 60.3. The standard InChI is InChI=1S/C20H35N9O6/c1-10(2)15(19(34)35)29-17(32)13(4-3-5-25-20(22)23)27-18(33)14(6-11-7-24-9-26-11)28-16(31)12(21)8-30/h7,9-10,12-15,30H,3-6,8,21H2,1-2H3,(H,24,26)(H,27,33)(H,28,31)(H,29,32)(H,34,35)(H4,22,23,25). The first kappa shape index (κ1) is 29.3. The predicted octanol–water partition coefficient (Wildman–Crippen LogP) is -3.48. The van der Waals surface area contributed by atoms with Crippen molar-refractivity contribution >= 4 is 29.7 Å². The van der Waals surface area contributed by atoms with Crippen LogP contribution in [-0.4, -0.2) is 87.2 Å². The van der Waals surface area contributed by atoms with Gasteiger partial charge in [0.15, 0.2) is 5.96 Å². The predicted molar refractivity (Wildman–Crippen MR) is 126 cm³/mol. The number of aromatic amines is 1. The summed E-state index contributed by atoms with van der Waals surface area (Å²) < 4.78 is 0. The van der Waals surface area contributed by atoms with Crippen LogP contribution in [0.15, 0.2) is 17.5 Å². The number of carbonyl (C=O) groups is 4. The lowest BCUT2D eigenvalue weighted by molar-refractivity contribution is -0.143. The molecule has 15 nitrogen and oxygen atoms in total. The molecule has 3 amide bonds. The number of aliphatic hydroxyl groups is 1. The van der Waals surface area contributed by atoms with Crippen LogP contribution in [0.2, 0.25) is 0 Å². The van der Waals surface area contributed by atoms with Crippen molar-refractivity contribution in [2.45, 2.75) is 57.3 Å². The number of hydrogen-bond donors (Lipinski definition) is 9. The molecule has 0 saturated carbocycles. The lowest BCUT2D eigenvalue weighted by Gasteiger charge is -2.25. The van der Waals surface area contributed by atoms with Crippen molar-refractivity contribution < 1.29 is 29.4 Å². The third-order valence-electron chi connectivity index (χ3n) is 4.95. The highest BCUT2D eigenvalue weighted by Gasteiger charge is 2.31. The van der Waals surface area contributed by atoms with Crippen LogP contribution in [0, 0.1) is 5.92 Å². The first-order chi connectivity index (χ1) is 16.5. The maximum Gasteiger partial charge on any atom is 0.326 e. The number of aromatic nitrogens is 2. The number of hydrogen-bond acceptors (Lipinski definition) is 8. The Kier molecular flexibility index (Phi) is 12.2. The van der Waals surface area contributed by atoms with E-state index in [4.69, 9.17) is 22.3 Å². The Morgan fingerprint density at radius 3 is 2.23 bits per heavy atom. The summed E-state index contributed by atoms with van der Waals surface area (Å²) in [5, 5.41) is 26.0. The van der Waals surface area contributed by atoms with E-state index in [0.717, 1.165) is 0 Å². The molecule has 0 fully saturated rings. The number of H-pyrrole nitrogens is 1. The molecule has 0 radical (unpaired) electrons. The summed E-state index contributed by atoms with van der Waals surface area (Å²) in [6.07, 6.45) is 3.21. The van der Waals surface area contributed by atoms with Gasteiger partial charge in [0.2, 0.25) is 17.7 Å². The zero-order valence-electron chi connectivity index (χ0n) is 19.7. The number of imidazole rings is 1. The minimum Gasteiger partial charge on any atom is -0.480 e. The summed E-state index contributed by atoms with van der Waals surface area (Å²) in [5.41, 5.74) is 16.7. The summed E-state index contributed by atoms with van der Waals surface area (Å²) in [6.45, 7) is 2.80. The van der Waals surface area contributed by atoms with Crippen LogP contribution in [0.4, 0.5) is 0 Å². The quantitative estimate of drug-likeness (QED) is 0.0656. The number of amides is 3. The van der Waals surface area contributed by atoms with Crippen molar-refractivity contribution in [3.8, 4) is 0 Å². The third kappa shape index (κ3) is 10.4. The average Bonchev–Trinajstić information content (AvgIpc) is 3.30. The smallest absolute Gasteiger partial charge is 0.326 e. The molecule has 1 heterocycles. The first-order valence-corrected chi connectivity index (χ1v) is 11.0. The van der Waals surface area contributed by atoms with Crippen LogP contribution in [0.1, 0.15) is 32.4 Å². The van der Waals surface area contributed by atoms with E-state index >= 15 is 0 Å². The molecule has 4 atom stereocenters. The molecule has 1 aromatic heterocycles. The normalized spacial score (nSPS) is 14.3. The number of nitrogens with one attached hydrogen (secondary N) is 4. The molecule has 0 aliphatic rings. The number of aliphatic carboxylic acids is 1. The number of guanidine groups is 1. The third-order valence-corrected chi connectivity index (χ3v) is 4.95. The van der Waals surface area contributed by atoms with Gasteiger partial charge in [-0.1, -0.05) is 13.8 Å². The number of nitrogens with two attached hydrogens (primary N) is 3. The van der Waals surface area contributed by atoms with Gasteiger partial charge >= 0.3 is 5.97 Å². The van der Waals surface area contributed by atoms with Gasteiger partial charge in [0, 0.05) is 24.9 Å². The van der Waals surface area contributed by atoms with Crippen molar-refractivity contribution in [1.29, 1.82) is 0 Å². The summed E-state index contributed by atoms with van der Waals surface area (Å²) >= 11 is 0. The van der Waals surface area contributed by atoms with Crippen LogP contribution >= 0.6 is 0 Å². The molecule has 0 aromatic carbocycles. The van der Waals surface area contributed by atoms with Crippen LogP contribution in [0.5, 0.6) is 0 Å². The van der Waals surface area contributed by atoms with Gasteiger partial charge in [0.25, 0.3) is 0 Å². The van der Waals surface area contributed by atoms with Crippen molar-refractivity contribution in [3.63, 3.8) is 0 Å². The molecule has 12 N–H and O–H groups in total. The Balaban J connectivity index is 3.07. The van der Waals surface area contributed by atoms with Gasteiger partial charge in [-0.3, -0.25) is 19.4 Å². The van der Waals surface area contributed by atoms with Crippen LogP contribution in [0.25, 0.3) is 0 Å². The van der Waals surface area contributed by atoms with Crippen LogP contribution in [-0.2, 0) is 25.6 Å². The fourth-order valence-corrected chi connectivity index (χ4v) is 3.00. The topological polar surface area (TPSA) is 264 Å². The Hall–Kier alpha value is -3.72. The highest BCUT2D eigenvalue weighted by atomic mass is 16.4. The number of carboxylic acids is 1. The number of rotatable bonds is 15. The van der Waals surface area contributed by atoms with E-state index < -0.39 is 60.4 Å². The largest absolute Gasteiger partial charge is 0.480 e. The molecular formula is C20H35N9O6. The zero-order valence-corrected chi connectivity index (χ0v) is 19.7. The highest BCUT2D eigenvalue weighted by Crippen LogP contribution is 2.07. The van der Waals surface area contributed by atoms with Gasteiger partial charge < -0.3 is 48.3 Å². The Morgan fingerprint density at radius 2 is 1.71 bits per heavy atom. The van der Waals surface area contributed by atoms with Crippen LogP contribution in [0.3, 0.4) is 0 Å². The molecule has 0 bridgehead atoms. The molecule has 1 aromatic rings. The van der Waals surface area contributed by atoms with E-state index in [2.05, 4.69) is 30.9 Å². The molecule has 15 heteroatoms. The molecule has 1 rings (SSSR count). The van der Waals surface area contributed by atoms with Gasteiger partial charge in [-0.2, -0.15) is 0 Å². The highest BCUT2D eigenvalue weighted by molar-refractivity contribution is 5.94. The number of carbonyl (C=O) groups excluding carboxylic acids is 3. The molecular weight excluding hydrogens is 462 g/mol. The second-order valence-electron chi connectivity index (χ2n) is 8.21. The molecule has 35 heavy (non-hydrogen) atoms. The molecule has 0 aliphatic heterocycles. The van der Waals surface area contributed by atoms with Crippen molar-refractivity contribution in [2.75, 3.05) is 13.2 Å². The lowest BCUT2D eigenvalue weighted by atomic mass is 10.0. The second-order valence-corrected chi connectivity index (χ2v) is 8.21. The number of aliphatic imine (C=N–C) groups is 1. The number of nitrogens with zero attached hydrogens (tertiary/aromatic N) is 2. The molecule has 0 saturated heterocycles. The molecule has 0 aliphatic carbocycles. The number of carboxylic acid groups (broad SMARTS) is 1. The van der Waals surface area contributed by atoms with Gasteiger partial charge in [-0.05, 0) is 18.8 Å². The minimum absolute atomic E-state index is 0.0121. The minimum atomic E-state index is -1.26. The van der Waals surface area contributed by atoms with E-state index in [0.29, 0.717) is 12.1 Å².